The van der Waals surface area contributed by atoms with Crippen LogP contribution in [0.3, 0.4) is 0 Å². The second-order valence-corrected chi connectivity index (χ2v) is 3.91. The first-order chi connectivity index (χ1) is 7.68. The normalized spacial score (nSPS) is 10.1. The lowest BCUT2D eigenvalue weighted by Crippen LogP contribution is -2.05. The fraction of sp³-hybridized carbons (Fsp3) is 0. The Balaban J connectivity index is 2.44. The molecule has 0 aromatic carbocycles. The third kappa shape index (κ3) is 2.14. The van der Waals surface area contributed by atoms with Gasteiger partial charge in [-0.3, -0.25) is 14.8 Å². The monoisotopic (exact) mass is 280 g/mol. The molecule has 80 valence electrons. The predicted octanol–water partition coefficient (Wildman–Crippen LogP) is 2.61. The van der Waals surface area contributed by atoms with E-state index in [0.717, 1.165) is 12.3 Å². The SMILES string of the molecule is O=C(c1cncc(F)c1)c1ncccc1Br. The first kappa shape index (κ1) is 10.9. The van der Waals surface area contributed by atoms with Crippen LogP contribution in [0.1, 0.15) is 16.1 Å². The third-order valence-electron chi connectivity index (χ3n) is 1.94. The lowest BCUT2D eigenvalue weighted by atomic mass is 10.1. The minimum absolute atomic E-state index is 0.180. The molecule has 0 unspecified atom stereocenters. The molecule has 3 nitrogen and oxygen atoms in total. The van der Waals surface area contributed by atoms with Gasteiger partial charge in [0.2, 0.25) is 5.78 Å². The number of nitrogens with zero attached hydrogens (tertiary/aromatic N) is 2. The summed E-state index contributed by atoms with van der Waals surface area (Å²) < 4.78 is 13.5. The minimum atomic E-state index is -0.544. The van der Waals surface area contributed by atoms with Crippen LogP contribution < -0.4 is 0 Å². The van der Waals surface area contributed by atoms with Crippen LogP contribution in [0.25, 0.3) is 0 Å². The van der Waals surface area contributed by atoms with E-state index in [-0.39, 0.29) is 17.0 Å². The second kappa shape index (κ2) is 4.49. The average molecular weight is 281 g/mol. The van der Waals surface area contributed by atoms with Gasteiger partial charge in [0.15, 0.2) is 0 Å². The zero-order valence-electron chi connectivity index (χ0n) is 8.02. The number of carbonyl (C=O) groups is 1. The van der Waals surface area contributed by atoms with E-state index in [1.54, 1.807) is 12.1 Å². The van der Waals surface area contributed by atoms with Gasteiger partial charge in [0.1, 0.15) is 11.5 Å². The molecule has 2 aromatic rings. The van der Waals surface area contributed by atoms with Crippen molar-refractivity contribution in [2.75, 3.05) is 0 Å². The highest BCUT2D eigenvalue weighted by molar-refractivity contribution is 9.10. The number of rotatable bonds is 2. The summed E-state index contributed by atoms with van der Waals surface area (Å²) in [4.78, 5) is 19.5. The van der Waals surface area contributed by atoms with E-state index in [4.69, 9.17) is 0 Å². The zero-order valence-corrected chi connectivity index (χ0v) is 9.61. The number of ketones is 1. The van der Waals surface area contributed by atoms with E-state index in [0.29, 0.717) is 4.47 Å². The molecule has 2 aromatic heterocycles. The molecule has 0 saturated carbocycles. The van der Waals surface area contributed by atoms with E-state index < -0.39 is 5.82 Å². The molecule has 2 heterocycles. The fourth-order valence-electron chi connectivity index (χ4n) is 1.23. The van der Waals surface area contributed by atoms with E-state index in [2.05, 4.69) is 25.9 Å². The Morgan fingerprint density at radius 1 is 1.38 bits per heavy atom. The summed E-state index contributed by atoms with van der Waals surface area (Å²) in [5.74, 6) is -0.905. The van der Waals surface area contributed by atoms with Gasteiger partial charge in [-0.05, 0) is 34.1 Å². The molecule has 0 saturated heterocycles. The van der Waals surface area contributed by atoms with Crippen LogP contribution in [0.4, 0.5) is 4.39 Å². The maximum atomic E-state index is 12.9. The van der Waals surface area contributed by atoms with Gasteiger partial charge in [-0.1, -0.05) is 0 Å². The van der Waals surface area contributed by atoms with Crippen molar-refractivity contribution in [2.45, 2.75) is 0 Å². The Labute approximate surface area is 99.5 Å². The highest BCUT2D eigenvalue weighted by atomic mass is 79.9. The van der Waals surface area contributed by atoms with Crippen LogP contribution in [0.5, 0.6) is 0 Å². The third-order valence-corrected chi connectivity index (χ3v) is 2.58. The number of halogens is 2. The Morgan fingerprint density at radius 2 is 2.19 bits per heavy atom. The minimum Gasteiger partial charge on any atom is -0.287 e. The molecule has 5 heteroatoms. The lowest BCUT2D eigenvalue weighted by molar-refractivity contribution is 0.103. The predicted molar refractivity (Wildman–Crippen MR) is 59.6 cm³/mol. The van der Waals surface area contributed by atoms with E-state index >= 15 is 0 Å². The van der Waals surface area contributed by atoms with Crippen LogP contribution in [0, 0.1) is 5.82 Å². The van der Waals surface area contributed by atoms with Crippen molar-refractivity contribution >= 4 is 21.7 Å². The molecule has 0 fully saturated rings. The van der Waals surface area contributed by atoms with Gasteiger partial charge in [0, 0.05) is 22.4 Å². The molecule has 0 bridgehead atoms. The summed E-state index contributed by atoms with van der Waals surface area (Å²) in [7, 11) is 0. The summed E-state index contributed by atoms with van der Waals surface area (Å²) in [5.41, 5.74) is 0.425. The van der Waals surface area contributed by atoms with E-state index in [9.17, 15) is 9.18 Å². The molecule has 0 aliphatic carbocycles. The van der Waals surface area contributed by atoms with Crippen molar-refractivity contribution in [1.29, 1.82) is 0 Å². The average Bonchev–Trinajstić information content (AvgIpc) is 2.29. The standard InChI is InChI=1S/C11H6BrFN2O/c12-9-2-1-3-15-10(9)11(16)7-4-8(13)6-14-5-7/h1-6H. The van der Waals surface area contributed by atoms with Crippen molar-refractivity contribution in [3.05, 3.63) is 58.3 Å². The topological polar surface area (TPSA) is 42.9 Å². The molecular formula is C11H6BrFN2O. The highest BCUT2D eigenvalue weighted by Gasteiger charge is 2.14. The summed E-state index contributed by atoms with van der Waals surface area (Å²) in [5, 5.41) is 0. The number of hydrogen-bond donors (Lipinski definition) is 0. The molecule has 0 aliphatic rings. The van der Waals surface area contributed by atoms with Gasteiger partial charge < -0.3 is 0 Å². The molecule has 0 N–H and O–H groups in total. The number of aromatic nitrogens is 2. The summed E-state index contributed by atoms with van der Waals surface area (Å²) in [6, 6.07) is 4.54. The van der Waals surface area contributed by atoms with Crippen molar-refractivity contribution in [3.63, 3.8) is 0 Å². The van der Waals surface area contributed by atoms with Crippen LogP contribution in [-0.2, 0) is 0 Å². The van der Waals surface area contributed by atoms with Crippen LogP contribution in [0.15, 0.2) is 41.3 Å². The summed E-state index contributed by atoms with van der Waals surface area (Å²) >= 11 is 3.22. The lowest BCUT2D eigenvalue weighted by Gasteiger charge is -2.01. The first-order valence-electron chi connectivity index (χ1n) is 4.44. The van der Waals surface area contributed by atoms with Gasteiger partial charge in [0.25, 0.3) is 0 Å². The van der Waals surface area contributed by atoms with Crippen molar-refractivity contribution < 1.29 is 9.18 Å². The number of carbonyl (C=O) groups excluding carboxylic acids is 1. The van der Waals surface area contributed by atoms with Gasteiger partial charge in [-0.2, -0.15) is 0 Å². The summed E-state index contributed by atoms with van der Waals surface area (Å²) in [6.45, 7) is 0. The molecule has 0 atom stereocenters. The van der Waals surface area contributed by atoms with Crippen molar-refractivity contribution in [2.24, 2.45) is 0 Å². The first-order valence-corrected chi connectivity index (χ1v) is 5.23. The quantitative estimate of drug-likeness (QED) is 0.795. The van der Waals surface area contributed by atoms with Crippen molar-refractivity contribution in [1.82, 2.24) is 9.97 Å². The van der Waals surface area contributed by atoms with Crippen LogP contribution >= 0.6 is 15.9 Å². The Bertz CT molecular complexity index is 545. The maximum absolute atomic E-state index is 12.9. The highest BCUT2D eigenvalue weighted by Crippen LogP contribution is 2.17. The zero-order chi connectivity index (χ0) is 11.5. The maximum Gasteiger partial charge on any atom is 0.214 e. The second-order valence-electron chi connectivity index (χ2n) is 3.05. The van der Waals surface area contributed by atoms with Gasteiger partial charge in [0.05, 0.1) is 6.20 Å². The van der Waals surface area contributed by atoms with E-state index in [1.807, 2.05) is 0 Å². The molecular weight excluding hydrogens is 275 g/mol. The smallest absolute Gasteiger partial charge is 0.214 e. The Hall–Kier alpha value is -1.62. The van der Waals surface area contributed by atoms with Gasteiger partial charge in [-0.25, -0.2) is 4.39 Å². The number of pyridine rings is 2. The summed E-state index contributed by atoms with van der Waals surface area (Å²) in [6.07, 6.45) is 3.86. The molecule has 0 spiro atoms. The molecule has 0 radical (unpaired) electrons. The van der Waals surface area contributed by atoms with Crippen molar-refractivity contribution in [3.8, 4) is 0 Å². The largest absolute Gasteiger partial charge is 0.287 e. The van der Waals surface area contributed by atoms with E-state index in [1.165, 1.54) is 12.4 Å². The molecule has 0 aliphatic heterocycles. The molecule has 2 rings (SSSR count). The molecule has 0 amide bonds. The molecule has 16 heavy (non-hydrogen) atoms. The Morgan fingerprint density at radius 3 is 2.88 bits per heavy atom. The van der Waals surface area contributed by atoms with Crippen LogP contribution in [0.2, 0.25) is 0 Å². The van der Waals surface area contributed by atoms with Crippen LogP contribution in [-0.4, -0.2) is 15.8 Å². The Kier molecular flexibility index (Phi) is 3.05. The fourth-order valence-corrected chi connectivity index (χ4v) is 1.66. The van der Waals surface area contributed by atoms with Gasteiger partial charge in [-0.15, -0.1) is 0 Å². The van der Waals surface area contributed by atoms with Gasteiger partial charge >= 0.3 is 0 Å². The number of hydrogen-bond acceptors (Lipinski definition) is 3.